The number of nitriles is 1. The quantitative estimate of drug-likeness (QED) is 0.255. The largest absolute Gasteiger partial charge is 0.500 e. The van der Waals surface area contributed by atoms with Crippen molar-refractivity contribution in [2.75, 3.05) is 7.11 Å². The number of aryl methyl sites for hydroxylation is 1. The number of methoxy groups -OCH3 is 1. The van der Waals surface area contributed by atoms with E-state index in [4.69, 9.17) is 44.8 Å². The lowest BCUT2D eigenvalue weighted by Crippen LogP contribution is -1.94. The minimum absolute atomic E-state index is 0.466. The second-order valence-electron chi connectivity index (χ2n) is 4.64. The lowest BCUT2D eigenvalue weighted by atomic mass is 10.0. The molecule has 0 aliphatic carbocycles. The number of ether oxygens (including phenoxy) is 1. The van der Waals surface area contributed by atoms with E-state index in [2.05, 4.69) is 6.07 Å². The lowest BCUT2D eigenvalue weighted by Gasteiger charge is -2.08. The summed E-state index contributed by atoms with van der Waals surface area (Å²) in [5, 5.41) is 10.8. The summed E-state index contributed by atoms with van der Waals surface area (Å²) in [6.45, 7) is 1.98. The van der Waals surface area contributed by atoms with Crippen molar-refractivity contribution >= 4 is 34.8 Å². The fraction of sp³-hybridized carbons (Fsp3) is 0.438. The normalized spacial score (nSPS) is 11.8. The van der Waals surface area contributed by atoms with Gasteiger partial charge < -0.3 is 4.74 Å². The molecule has 21 heavy (non-hydrogen) atoms. The number of halogens is 3. The van der Waals surface area contributed by atoms with Crippen LogP contribution in [0.15, 0.2) is 23.5 Å². The third kappa shape index (κ3) is 5.43. The molecule has 1 rings (SSSR count). The molecular formula is C16H18Cl3NO. The molecule has 1 aromatic rings. The molecule has 5 heteroatoms. The van der Waals surface area contributed by atoms with Crippen molar-refractivity contribution in [1.29, 1.82) is 5.26 Å². The van der Waals surface area contributed by atoms with E-state index in [1.807, 2.05) is 6.92 Å². The maximum atomic E-state index is 9.14. The molecule has 1 aromatic carbocycles. The number of hydrogen-bond acceptors (Lipinski definition) is 2. The molecule has 0 heterocycles. The number of unbranched alkanes of at least 4 members (excludes halogenated alkanes) is 1. The van der Waals surface area contributed by atoms with E-state index in [1.54, 1.807) is 19.2 Å². The number of allylic oxidation sites excluding steroid dienone is 2. The molecule has 0 aliphatic heterocycles. The molecule has 0 amide bonds. The topological polar surface area (TPSA) is 33.0 Å². The van der Waals surface area contributed by atoms with Gasteiger partial charge in [0.25, 0.3) is 0 Å². The van der Waals surface area contributed by atoms with Crippen molar-refractivity contribution in [2.45, 2.75) is 39.0 Å². The molecule has 114 valence electrons. The van der Waals surface area contributed by atoms with Crippen molar-refractivity contribution in [3.05, 3.63) is 44.1 Å². The van der Waals surface area contributed by atoms with Gasteiger partial charge in [0.1, 0.15) is 5.76 Å². The number of benzene rings is 1. The van der Waals surface area contributed by atoms with Crippen molar-refractivity contribution in [3.8, 4) is 6.07 Å². The van der Waals surface area contributed by atoms with Gasteiger partial charge in [-0.15, -0.1) is 0 Å². The maximum absolute atomic E-state index is 9.14. The first kappa shape index (κ1) is 18.2. The zero-order chi connectivity index (χ0) is 15.8. The minimum Gasteiger partial charge on any atom is -0.500 e. The molecule has 0 unspecified atom stereocenters. The van der Waals surface area contributed by atoms with Gasteiger partial charge in [0.05, 0.1) is 28.8 Å². The van der Waals surface area contributed by atoms with Crippen LogP contribution in [0.1, 0.15) is 38.2 Å². The predicted molar refractivity (Wildman–Crippen MR) is 89.0 cm³/mol. The molecule has 0 bridgehead atoms. The van der Waals surface area contributed by atoms with Gasteiger partial charge in [-0.1, -0.05) is 41.7 Å². The van der Waals surface area contributed by atoms with E-state index in [0.717, 1.165) is 42.6 Å². The van der Waals surface area contributed by atoms with Crippen LogP contribution in [0.5, 0.6) is 0 Å². The highest BCUT2D eigenvalue weighted by molar-refractivity contribution is 6.43. The number of hydrogen-bond donors (Lipinski definition) is 0. The Balaban J connectivity index is 2.57. The average molecular weight is 347 g/mol. The van der Waals surface area contributed by atoms with E-state index in [-0.39, 0.29) is 0 Å². The Bertz CT molecular complexity index is 555. The molecule has 0 fully saturated rings. The summed E-state index contributed by atoms with van der Waals surface area (Å²) in [5.41, 5.74) is 1.70. The molecule has 0 aliphatic rings. The Kier molecular flexibility index (Phi) is 7.96. The average Bonchev–Trinajstić information content (AvgIpc) is 2.47. The van der Waals surface area contributed by atoms with Crippen LogP contribution >= 0.6 is 34.8 Å². The number of nitrogens with zero attached hydrogens (tertiary/aromatic N) is 1. The Morgan fingerprint density at radius 1 is 1.14 bits per heavy atom. The van der Waals surface area contributed by atoms with E-state index >= 15 is 0 Å². The summed E-state index contributed by atoms with van der Waals surface area (Å²) >= 11 is 18.0. The molecule has 0 atom stereocenters. The van der Waals surface area contributed by atoms with Crippen LogP contribution in [0.3, 0.4) is 0 Å². The molecule has 0 aromatic heterocycles. The van der Waals surface area contributed by atoms with Gasteiger partial charge in [0, 0.05) is 11.4 Å². The molecule has 0 spiro atoms. The van der Waals surface area contributed by atoms with Gasteiger partial charge in [0.15, 0.2) is 0 Å². The first-order valence-corrected chi connectivity index (χ1v) is 7.96. The van der Waals surface area contributed by atoms with Crippen LogP contribution in [0.25, 0.3) is 0 Å². The summed E-state index contributed by atoms with van der Waals surface area (Å²) in [6.07, 6.45) is 4.07. The smallest absolute Gasteiger partial charge is 0.109 e. The molecular weight excluding hydrogens is 329 g/mol. The first-order valence-electron chi connectivity index (χ1n) is 6.83. The van der Waals surface area contributed by atoms with Gasteiger partial charge in [-0.05, 0) is 43.4 Å². The Morgan fingerprint density at radius 2 is 1.81 bits per heavy atom. The molecule has 2 nitrogen and oxygen atoms in total. The van der Waals surface area contributed by atoms with Crippen LogP contribution in [0, 0.1) is 11.3 Å². The summed E-state index contributed by atoms with van der Waals surface area (Å²) in [4.78, 5) is 0. The Morgan fingerprint density at radius 3 is 2.38 bits per heavy atom. The van der Waals surface area contributed by atoms with Gasteiger partial charge in [-0.3, -0.25) is 0 Å². The van der Waals surface area contributed by atoms with E-state index < -0.39 is 0 Å². The van der Waals surface area contributed by atoms with Crippen molar-refractivity contribution < 1.29 is 4.74 Å². The summed E-state index contributed by atoms with van der Waals surface area (Å²) in [5.74, 6) is 0.769. The summed E-state index contributed by atoms with van der Waals surface area (Å²) < 4.78 is 5.22. The SMILES string of the molecule is CCC(OC)=C(C#N)CCCCc1cc(Cl)c(Cl)cc1Cl. The van der Waals surface area contributed by atoms with E-state index in [9.17, 15) is 0 Å². The lowest BCUT2D eigenvalue weighted by molar-refractivity contribution is 0.276. The summed E-state index contributed by atoms with van der Waals surface area (Å²) in [6, 6.07) is 5.69. The van der Waals surface area contributed by atoms with Gasteiger partial charge in [0.2, 0.25) is 0 Å². The van der Waals surface area contributed by atoms with Gasteiger partial charge in [-0.2, -0.15) is 5.26 Å². The van der Waals surface area contributed by atoms with Crippen LogP contribution < -0.4 is 0 Å². The van der Waals surface area contributed by atoms with Gasteiger partial charge in [-0.25, -0.2) is 0 Å². The van der Waals surface area contributed by atoms with Crippen LogP contribution in [-0.2, 0) is 11.2 Å². The fourth-order valence-electron chi connectivity index (χ4n) is 2.11. The van der Waals surface area contributed by atoms with Crippen molar-refractivity contribution in [2.24, 2.45) is 0 Å². The molecule has 0 N–H and O–H groups in total. The van der Waals surface area contributed by atoms with Gasteiger partial charge >= 0.3 is 0 Å². The maximum Gasteiger partial charge on any atom is 0.109 e. The highest BCUT2D eigenvalue weighted by atomic mass is 35.5. The molecule has 0 saturated carbocycles. The monoisotopic (exact) mass is 345 g/mol. The molecule has 0 radical (unpaired) electrons. The zero-order valence-corrected chi connectivity index (χ0v) is 14.4. The highest BCUT2D eigenvalue weighted by Crippen LogP contribution is 2.30. The first-order chi connectivity index (χ1) is 10.0. The predicted octanol–water partition coefficient (Wildman–Crippen LogP) is 6.19. The Hall–Kier alpha value is -0.880. The zero-order valence-electron chi connectivity index (χ0n) is 12.2. The fourth-order valence-corrected chi connectivity index (χ4v) is 2.78. The Labute approximate surface area is 141 Å². The third-order valence-electron chi connectivity index (χ3n) is 3.25. The van der Waals surface area contributed by atoms with Crippen LogP contribution in [0.4, 0.5) is 0 Å². The van der Waals surface area contributed by atoms with E-state index in [1.165, 1.54) is 0 Å². The van der Waals surface area contributed by atoms with E-state index in [0.29, 0.717) is 21.5 Å². The standard InChI is InChI=1S/C16H18Cl3NO/c1-3-16(21-2)12(10-20)7-5-4-6-11-8-14(18)15(19)9-13(11)17/h8-9H,3-7H2,1-2H3. The second-order valence-corrected chi connectivity index (χ2v) is 5.86. The second kappa shape index (κ2) is 9.20. The van der Waals surface area contributed by atoms with Crippen LogP contribution in [-0.4, -0.2) is 7.11 Å². The highest BCUT2D eigenvalue weighted by Gasteiger charge is 2.08. The van der Waals surface area contributed by atoms with Crippen LogP contribution in [0.2, 0.25) is 15.1 Å². The van der Waals surface area contributed by atoms with Crippen molar-refractivity contribution in [3.63, 3.8) is 0 Å². The third-order valence-corrected chi connectivity index (χ3v) is 4.33. The van der Waals surface area contributed by atoms with Crippen molar-refractivity contribution in [1.82, 2.24) is 0 Å². The molecule has 0 saturated heterocycles. The number of rotatable bonds is 7. The minimum atomic E-state index is 0.466. The summed E-state index contributed by atoms with van der Waals surface area (Å²) in [7, 11) is 1.60.